The zero-order valence-electron chi connectivity index (χ0n) is 11.6. The first kappa shape index (κ1) is 16.9. The Labute approximate surface area is 109 Å². The Morgan fingerprint density at radius 1 is 1.22 bits per heavy atom. The Morgan fingerprint density at radius 3 is 2.33 bits per heavy atom. The average Bonchev–Trinajstić information content (AvgIpc) is 2.29. The number of carbonyl (C=O) groups is 2. The van der Waals surface area contributed by atoms with Crippen LogP contribution in [0.3, 0.4) is 0 Å². The van der Waals surface area contributed by atoms with E-state index in [0.29, 0.717) is 38.3 Å². The van der Waals surface area contributed by atoms with Crippen molar-refractivity contribution >= 4 is 11.9 Å². The molecule has 0 spiro atoms. The van der Waals surface area contributed by atoms with Crippen LogP contribution >= 0.6 is 0 Å². The number of carbonyl (C=O) groups excluding carboxylic acids is 1. The van der Waals surface area contributed by atoms with Crippen LogP contribution in [0.4, 0.5) is 0 Å². The minimum atomic E-state index is -0.805. The number of nitrogens with zero attached hydrogens (tertiary/aromatic N) is 1. The fraction of sp³-hybridized carbons (Fsp3) is 0.846. The highest BCUT2D eigenvalue weighted by molar-refractivity contribution is 5.76. The van der Waals surface area contributed by atoms with Gasteiger partial charge in [-0.2, -0.15) is 0 Å². The first-order valence-electron chi connectivity index (χ1n) is 6.45. The summed E-state index contributed by atoms with van der Waals surface area (Å²) in [6.45, 7) is 6.00. The molecule has 0 aromatic heterocycles. The third kappa shape index (κ3) is 8.98. The third-order valence-corrected chi connectivity index (χ3v) is 2.53. The highest BCUT2D eigenvalue weighted by atomic mass is 16.5. The smallest absolute Gasteiger partial charge is 0.303 e. The van der Waals surface area contributed by atoms with E-state index in [4.69, 9.17) is 9.84 Å². The quantitative estimate of drug-likeness (QED) is 0.607. The highest BCUT2D eigenvalue weighted by Crippen LogP contribution is 2.06. The van der Waals surface area contributed by atoms with Gasteiger partial charge in [-0.25, -0.2) is 0 Å². The molecular weight excluding hydrogens is 234 g/mol. The second kappa shape index (κ2) is 9.88. The molecule has 0 rings (SSSR count). The Bertz CT molecular complexity index is 253. The molecular formula is C13H25NO4. The lowest BCUT2D eigenvalue weighted by molar-refractivity contribution is -0.137. The average molecular weight is 259 g/mol. The second-order valence-corrected chi connectivity index (χ2v) is 4.83. The molecule has 5 heteroatoms. The Kier molecular flexibility index (Phi) is 9.28. The molecule has 1 amide bonds. The van der Waals surface area contributed by atoms with Crippen LogP contribution in [0.5, 0.6) is 0 Å². The summed E-state index contributed by atoms with van der Waals surface area (Å²) in [5.74, 6) is -0.295. The van der Waals surface area contributed by atoms with Gasteiger partial charge in [-0.3, -0.25) is 9.59 Å². The van der Waals surface area contributed by atoms with E-state index >= 15 is 0 Å². The van der Waals surface area contributed by atoms with Gasteiger partial charge in [0, 0.05) is 33.0 Å². The fourth-order valence-corrected chi connectivity index (χ4v) is 1.67. The lowest BCUT2D eigenvalue weighted by atomic mass is 10.1. The fourth-order valence-electron chi connectivity index (χ4n) is 1.67. The van der Waals surface area contributed by atoms with Gasteiger partial charge in [-0.05, 0) is 18.8 Å². The molecule has 0 saturated heterocycles. The van der Waals surface area contributed by atoms with E-state index in [1.165, 1.54) is 0 Å². The molecule has 0 aromatic carbocycles. The van der Waals surface area contributed by atoms with Gasteiger partial charge in [0.15, 0.2) is 0 Å². The van der Waals surface area contributed by atoms with E-state index in [1.807, 2.05) is 0 Å². The van der Waals surface area contributed by atoms with Crippen molar-refractivity contribution in [1.82, 2.24) is 4.90 Å². The van der Waals surface area contributed by atoms with Crippen LogP contribution in [0.15, 0.2) is 0 Å². The van der Waals surface area contributed by atoms with Crippen LogP contribution in [-0.4, -0.2) is 48.7 Å². The molecule has 1 N–H and O–H groups in total. The number of hydrogen-bond acceptors (Lipinski definition) is 3. The minimum Gasteiger partial charge on any atom is -0.481 e. The maximum atomic E-state index is 12.0. The lowest BCUT2D eigenvalue weighted by Crippen LogP contribution is -2.36. The normalized spacial score (nSPS) is 10.7. The maximum Gasteiger partial charge on any atom is 0.303 e. The van der Waals surface area contributed by atoms with Crippen molar-refractivity contribution in [2.24, 2.45) is 5.92 Å². The van der Waals surface area contributed by atoms with Crippen LogP contribution in [0.1, 0.15) is 39.5 Å². The molecule has 0 aliphatic heterocycles. The van der Waals surface area contributed by atoms with Crippen LogP contribution in [-0.2, 0) is 14.3 Å². The Hall–Kier alpha value is -1.10. The van der Waals surface area contributed by atoms with Crippen molar-refractivity contribution in [1.29, 1.82) is 0 Å². The molecule has 0 radical (unpaired) electrons. The molecule has 0 aromatic rings. The molecule has 0 unspecified atom stereocenters. The first-order valence-corrected chi connectivity index (χ1v) is 6.45. The first-order chi connectivity index (χ1) is 8.47. The maximum absolute atomic E-state index is 12.0. The van der Waals surface area contributed by atoms with Crippen molar-refractivity contribution in [3.63, 3.8) is 0 Å². The standard InChI is InChI=1S/C13H25NO4/c1-11(2)10-14(8-9-18-3)12(15)6-4-5-7-13(16)17/h11H,4-10H2,1-3H3,(H,16,17). The monoisotopic (exact) mass is 259 g/mol. The van der Waals surface area contributed by atoms with Gasteiger partial charge in [0.2, 0.25) is 5.91 Å². The van der Waals surface area contributed by atoms with Crippen molar-refractivity contribution in [2.75, 3.05) is 26.8 Å². The summed E-state index contributed by atoms with van der Waals surface area (Å²) in [5.41, 5.74) is 0. The lowest BCUT2D eigenvalue weighted by Gasteiger charge is -2.24. The SMILES string of the molecule is COCCN(CC(C)C)C(=O)CCCCC(=O)O. The molecule has 0 aliphatic rings. The predicted octanol–water partition coefficient (Wildman–Crippen LogP) is 1.76. The molecule has 0 aliphatic carbocycles. The van der Waals surface area contributed by atoms with E-state index < -0.39 is 5.97 Å². The van der Waals surface area contributed by atoms with E-state index in [9.17, 15) is 9.59 Å². The van der Waals surface area contributed by atoms with Crippen LogP contribution < -0.4 is 0 Å². The molecule has 0 bridgehead atoms. The number of carboxylic acids is 1. The molecule has 0 fully saturated rings. The number of hydrogen-bond donors (Lipinski definition) is 1. The summed E-state index contributed by atoms with van der Waals surface area (Å²) in [5, 5.41) is 8.51. The Balaban J connectivity index is 3.99. The van der Waals surface area contributed by atoms with Crippen LogP contribution in [0.2, 0.25) is 0 Å². The van der Waals surface area contributed by atoms with Gasteiger partial charge < -0.3 is 14.7 Å². The van der Waals surface area contributed by atoms with Crippen molar-refractivity contribution < 1.29 is 19.4 Å². The zero-order chi connectivity index (χ0) is 14.0. The summed E-state index contributed by atoms with van der Waals surface area (Å²) in [4.78, 5) is 24.1. The number of aliphatic carboxylic acids is 1. The van der Waals surface area contributed by atoms with Gasteiger partial charge in [0.05, 0.1) is 6.61 Å². The number of carboxylic acid groups (broad SMARTS) is 1. The van der Waals surface area contributed by atoms with E-state index in [-0.39, 0.29) is 12.3 Å². The zero-order valence-corrected chi connectivity index (χ0v) is 11.6. The summed E-state index contributed by atoms with van der Waals surface area (Å²) in [7, 11) is 1.62. The molecule has 0 heterocycles. The summed E-state index contributed by atoms with van der Waals surface area (Å²) < 4.78 is 4.99. The van der Waals surface area contributed by atoms with E-state index in [1.54, 1.807) is 12.0 Å². The van der Waals surface area contributed by atoms with Gasteiger partial charge in [0.25, 0.3) is 0 Å². The number of methoxy groups -OCH3 is 1. The van der Waals surface area contributed by atoms with E-state index in [2.05, 4.69) is 13.8 Å². The van der Waals surface area contributed by atoms with Gasteiger partial charge in [-0.1, -0.05) is 13.8 Å². The highest BCUT2D eigenvalue weighted by Gasteiger charge is 2.14. The van der Waals surface area contributed by atoms with Gasteiger partial charge in [-0.15, -0.1) is 0 Å². The number of amides is 1. The topological polar surface area (TPSA) is 66.8 Å². The van der Waals surface area contributed by atoms with Crippen molar-refractivity contribution in [3.8, 4) is 0 Å². The summed E-state index contributed by atoms with van der Waals surface area (Å²) in [6, 6.07) is 0. The summed E-state index contributed by atoms with van der Waals surface area (Å²) >= 11 is 0. The largest absolute Gasteiger partial charge is 0.481 e. The molecule has 18 heavy (non-hydrogen) atoms. The number of unbranched alkanes of at least 4 members (excludes halogenated alkanes) is 1. The molecule has 5 nitrogen and oxygen atoms in total. The number of rotatable bonds is 10. The predicted molar refractivity (Wildman–Crippen MR) is 69.4 cm³/mol. The molecule has 106 valence electrons. The Morgan fingerprint density at radius 2 is 1.83 bits per heavy atom. The third-order valence-electron chi connectivity index (χ3n) is 2.53. The number of ether oxygens (including phenoxy) is 1. The van der Waals surface area contributed by atoms with Crippen LogP contribution in [0, 0.1) is 5.92 Å². The van der Waals surface area contributed by atoms with Crippen molar-refractivity contribution in [3.05, 3.63) is 0 Å². The second-order valence-electron chi connectivity index (χ2n) is 4.83. The molecule has 0 atom stereocenters. The van der Waals surface area contributed by atoms with Crippen LogP contribution in [0.25, 0.3) is 0 Å². The minimum absolute atomic E-state index is 0.0890. The molecule has 0 saturated carbocycles. The summed E-state index contributed by atoms with van der Waals surface area (Å²) in [6.07, 6.45) is 1.74. The van der Waals surface area contributed by atoms with Crippen molar-refractivity contribution in [2.45, 2.75) is 39.5 Å². The van der Waals surface area contributed by atoms with Gasteiger partial charge >= 0.3 is 5.97 Å². The van der Waals surface area contributed by atoms with Gasteiger partial charge in [0.1, 0.15) is 0 Å². The van der Waals surface area contributed by atoms with E-state index in [0.717, 1.165) is 6.54 Å².